The first kappa shape index (κ1) is 16.9. The maximum absolute atomic E-state index is 12.0. The molecule has 7 nitrogen and oxygen atoms in total. The van der Waals surface area contributed by atoms with E-state index in [4.69, 9.17) is 9.15 Å². The van der Waals surface area contributed by atoms with Crippen molar-refractivity contribution >= 4 is 5.97 Å². The van der Waals surface area contributed by atoms with E-state index in [0.29, 0.717) is 12.4 Å². The molecule has 2 heterocycles. The van der Waals surface area contributed by atoms with E-state index in [1.165, 1.54) is 0 Å². The minimum Gasteiger partial charge on any atom is -0.453 e. The van der Waals surface area contributed by atoms with Crippen molar-refractivity contribution in [2.24, 2.45) is 0 Å². The fraction of sp³-hybridized carbons (Fsp3) is 0.333. The summed E-state index contributed by atoms with van der Waals surface area (Å²) in [6, 6.07) is 11.4. The number of aromatic nitrogens is 4. The number of carbonyl (C=O) groups excluding carboxylic acids is 1. The van der Waals surface area contributed by atoms with Crippen LogP contribution in [0.15, 0.2) is 40.8 Å². The molecule has 1 unspecified atom stereocenters. The van der Waals surface area contributed by atoms with Gasteiger partial charge in [0.15, 0.2) is 6.10 Å². The summed E-state index contributed by atoms with van der Waals surface area (Å²) in [5, 5.41) is 12.3. The van der Waals surface area contributed by atoms with Crippen molar-refractivity contribution in [1.82, 2.24) is 20.0 Å². The largest absolute Gasteiger partial charge is 0.453 e. The van der Waals surface area contributed by atoms with E-state index in [2.05, 4.69) is 15.3 Å². The van der Waals surface area contributed by atoms with Crippen LogP contribution in [0.1, 0.15) is 36.7 Å². The lowest BCUT2D eigenvalue weighted by Gasteiger charge is -2.10. The van der Waals surface area contributed by atoms with Gasteiger partial charge in [-0.25, -0.2) is 0 Å². The number of benzene rings is 1. The molecule has 0 saturated carbocycles. The number of nitrogens with zero attached hydrogens (tertiary/aromatic N) is 4. The van der Waals surface area contributed by atoms with Crippen molar-refractivity contribution in [2.75, 3.05) is 0 Å². The molecule has 0 N–H and O–H groups in total. The Balaban J connectivity index is 1.57. The lowest BCUT2D eigenvalue weighted by Crippen LogP contribution is -2.13. The van der Waals surface area contributed by atoms with Crippen molar-refractivity contribution in [3.05, 3.63) is 53.7 Å². The van der Waals surface area contributed by atoms with Crippen LogP contribution < -0.4 is 0 Å². The molecule has 0 spiro atoms. The van der Waals surface area contributed by atoms with Crippen LogP contribution in [-0.4, -0.2) is 25.9 Å². The Hall–Kier alpha value is -2.96. The maximum atomic E-state index is 12.0. The van der Waals surface area contributed by atoms with E-state index >= 15 is 0 Å². The topological polar surface area (TPSA) is 83.0 Å². The van der Waals surface area contributed by atoms with Crippen LogP contribution >= 0.6 is 0 Å². The molecule has 130 valence electrons. The fourth-order valence-electron chi connectivity index (χ4n) is 2.50. The third-order valence-electron chi connectivity index (χ3n) is 3.75. The van der Waals surface area contributed by atoms with Gasteiger partial charge < -0.3 is 9.15 Å². The predicted octanol–water partition coefficient (Wildman–Crippen LogP) is 3.24. The number of hydrogen-bond donors (Lipinski definition) is 0. The predicted molar refractivity (Wildman–Crippen MR) is 90.6 cm³/mol. The zero-order valence-electron chi connectivity index (χ0n) is 14.5. The van der Waals surface area contributed by atoms with Gasteiger partial charge in [0.25, 0.3) is 5.89 Å². The SMILES string of the molecule is Cc1cc(C)n(CCC(=O)OC(C)c2nnc(-c3ccccc3)o2)n1. The third kappa shape index (κ3) is 4.12. The van der Waals surface area contributed by atoms with Crippen molar-refractivity contribution < 1.29 is 13.9 Å². The van der Waals surface area contributed by atoms with E-state index in [0.717, 1.165) is 17.0 Å². The van der Waals surface area contributed by atoms with E-state index in [-0.39, 0.29) is 18.3 Å². The quantitative estimate of drug-likeness (QED) is 0.641. The fourth-order valence-corrected chi connectivity index (χ4v) is 2.50. The van der Waals surface area contributed by atoms with E-state index in [9.17, 15) is 4.79 Å². The number of hydrogen-bond acceptors (Lipinski definition) is 6. The highest BCUT2D eigenvalue weighted by Gasteiger charge is 2.19. The van der Waals surface area contributed by atoms with Gasteiger partial charge in [-0.15, -0.1) is 10.2 Å². The number of ether oxygens (including phenoxy) is 1. The van der Waals surface area contributed by atoms with Gasteiger partial charge >= 0.3 is 5.97 Å². The molecular weight excluding hydrogens is 320 g/mol. The van der Waals surface area contributed by atoms with Gasteiger partial charge in [-0.3, -0.25) is 9.48 Å². The highest BCUT2D eigenvalue weighted by molar-refractivity contribution is 5.69. The highest BCUT2D eigenvalue weighted by atomic mass is 16.6. The normalized spacial score (nSPS) is 12.1. The molecular formula is C18H20N4O3. The van der Waals surface area contributed by atoms with E-state index in [1.54, 1.807) is 11.6 Å². The van der Waals surface area contributed by atoms with Crippen LogP contribution in [0.4, 0.5) is 0 Å². The standard InChI is InChI=1S/C18H20N4O3/c1-12-11-13(2)22(21-12)10-9-16(23)24-14(3)17-19-20-18(25-17)15-7-5-4-6-8-15/h4-8,11,14H,9-10H2,1-3H3. The Bertz CT molecular complexity index is 854. The van der Waals surface area contributed by atoms with Crippen LogP contribution in [0, 0.1) is 13.8 Å². The summed E-state index contributed by atoms with van der Waals surface area (Å²) in [6.45, 7) is 6.06. The summed E-state index contributed by atoms with van der Waals surface area (Å²) >= 11 is 0. The second kappa shape index (κ2) is 7.29. The summed E-state index contributed by atoms with van der Waals surface area (Å²) in [5.41, 5.74) is 2.77. The maximum Gasteiger partial charge on any atom is 0.308 e. The minimum atomic E-state index is -0.599. The number of rotatable bonds is 6. The summed E-state index contributed by atoms with van der Waals surface area (Å²) in [6.07, 6.45) is -0.371. The van der Waals surface area contributed by atoms with Gasteiger partial charge in [0, 0.05) is 11.3 Å². The molecule has 0 bridgehead atoms. The zero-order chi connectivity index (χ0) is 17.8. The van der Waals surface area contributed by atoms with Crippen LogP contribution in [0.5, 0.6) is 0 Å². The Labute approximate surface area is 145 Å². The van der Waals surface area contributed by atoms with Gasteiger partial charge in [0.05, 0.1) is 18.7 Å². The first-order valence-corrected chi connectivity index (χ1v) is 8.12. The Morgan fingerprint density at radius 3 is 2.68 bits per heavy atom. The van der Waals surface area contributed by atoms with Crippen molar-refractivity contribution in [1.29, 1.82) is 0 Å². The number of aryl methyl sites for hydroxylation is 3. The lowest BCUT2D eigenvalue weighted by atomic mass is 10.2. The molecule has 2 aromatic heterocycles. The molecule has 7 heteroatoms. The van der Waals surface area contributed by atoms with E-state index in [1.807, 2.05) is 50.2 Å². The minimum absolute atomic E-state index is 0.228. The first-order chi connectivity index (χ1) is 12.0. The second-order valence-corrected chi connectivity index (χ2v) is 5.84. The van der Waals surface area contributed by atoms with Crippen LogP contribution in [0.25, 0.3) is 11.5 Å². The van der Waals surface area contributed by atoms with Gasteiger partial charge in [-0.1, -0.05) is 18.2 Å². The van der Waals surface area contributed by atoms with Crippen LogP contribution in [0.3, 0.4) is 0 Å². The Morgan fingerprint density at radius 1 is 1.24 bits per heavy atom. The average molecular weight is 340 g/mol. The van der Waals surface area contributed by atoms with E-state index < -0.39 is 6.10 Å². The molecule has 3 aromatic rings. The van der Waals surface area contributed by atoms with Crippen LogP contribution in [-0.2, 0) is 16.1 Å². The second-order valence-electron chi connectivity index (χ2n) is 5.84. The highest BCUT2D eigenvalue weighted by Crippen LogP contribution is 2.22. The van der Waals surface area contributed by atoms with Gasteiger partial charge in [0.2, 0.25) is 5.89 Å². The Morgan fingerprint density at radius 2 is 2.00 bits per heavy atom. The molecule has 1 atom stereocenters. The molecule has 3 rings (SSSR count). The molecule has 1 aromatic carbocycles. The van der Waals surface area contributed by atoms with Gasteiger partial charge in [0.1, 0.15) is 0 Å². The molecule has 0 fully saturated rings. The van der Waals surface area contributed by atoms with Crippen molar-refractivity contribution in [3.63, 3.8) is 0 Å². The smallest absolute Gasteiger partial charge is 0.308 e. The summed E-state index contributed by atoms with van der Waals surface area (Å²) < 4.78 is 12.8. The van der Waals surface area contributed by atoms with Crippen molar-refractivity contribution in [3.8, 4) is 11.5 Å². The third-order valence-corrected chi connectivity index (χ3v) is 3.75. The molecule has 25 heavy (non-hydrogen) atoms. The molecule has 0 amide bonds. The first-order valence-electron chi connectivity index (χ1n) is 8.12. The Kier molecular flexibility index (Phi) is 4.92. The summed E-state index contributed by atoms with van der Waals surface area (Å²) in [7, 11) is 0. The summed E-state index contributed by atoms with van der Waals surface area (Å²) in [5.74, 6) is 0.346. The van der Waals surface area contributed by atoms with Gasteiger partial charge in [-0.2, -0.15) is 5.10 Å². The average Bonchev–Trinajstić information content (AvgIpc) is 3.20. The van der Waals surface area contributed by atoms with Crippen molar-refractivity contribution in [2.45, 2.75) is 39.8 Å². The molecule has 0 aliphatic rings. The molecule has 0 saturated heterocycles. The van der Waals surface area contributed by atoms with Crippen LogP contribution in [0.2, 0.25) is 0 Å². The van der Waals surface area contributed by atoms with Gasteiger partial charge in [-0.05, 0) is 39.0 Å². The molecule has 0 aliphatic heterocycles. The monoisotopic (exact) mass is 340 g/mol. The number of esters is 1. The lowest BCUT2D eigenvalue weighted by molar-refractivity contribution is -0.150. The summed E-state index contributed by atoms with van der Waals surface area (Å²) in [4.78, 5) is 12.0. The zero-order valence-corrected chi connectivity index (χ0v) is 14.5. The number of carbonyl (C=O) groups is 1. The molecule has 0 radical (unpaired) electrons. The molecule has 0 aliphatic carbocycles.